The Morgan fingerprint density at radius 3 is 2.41 bits per heavy atom. The molecule has 17 heavy (non-hydrogen) atoms. The summed E-state index contributed by atoms with van der Waals surface area (Å²) < 4.78 is 13.4. The Hall–Kier alpha value is -1.67. The van der Waals surface area contributed by atoms with E-state index in [9.17, 15) is 9.18 Å². The molecule has 0 atom stereocenters. The van der Waals surface area contributed by atoms with Crippen LogP contribution in [0, 0.1) is 0 Å². The number of hydrogen-bond acceptors (Lipinski definition) is 1. The lowest BCUT2D eigenvalue weighted by Crippen LogP contribution is -1.91. The third kappa shape index (κ3) is 2.37. The summed E-state index contributed by atoms with van der Waals surface area (Å²) in [4.78, 5) is 10.8. The molecule has 0 aliphatic heterocycles. The van der Waals surface area contributed by atoms with Crippen LogP contribution < -0.4 is 0 Å². The van der Waals surface area contributed by atoms with E-state index in [1.807, 2.05) is 36.4 Å². The lowest BCUT2D eigenvalue weighted by molar-refractivity contribution is -0.109. The van der Waals surface area contributed by atoms with Crippen LogP contribution in [0.5, 0.6) is 0 Å². The minimum atomic E-state index is -1.06. The van der Waals surface area contributed by atoms with Gasteiger partial charge in [0.1, 0.15) is 0 Å². The lowest BCUT2D eigenvalue weighted by atomic mass is 10.0. The molecule has 0 saturated heterocycles. The first-order chi connectivity index (χ1) is 8.09. The van der Waals surface area contributed by atoms with Gasteiger partial charge < -0.3 is 0 Å². The van der Waals surface area contributed by atoms with Crippen molar-refractivity contribution in [2.24, 2.45) is 0 Å². The highest BCUT2D eigenvalue weighted by Crippen LogP contribution is 2.24. The van der Waals surface area contributed by atoms with Gasteiger partial charge in [0.25, 0.3) is 5.24 Å². The third-order valence-electron chi connectivity index (χ3n) is 2.68. The van der Waals surface area contributed by atoms with Gasteiger partial charge in [-0.1, -0.05) is 36.4 Å². The molecular formula is C14H10ClFO. The Kier molecular flexibility index (Phi) is 3.25. The number of hydrogen-bond donors (Lipinski definition) is 0. The Balaban J connectivity index is 2.57. The van der Waals surface area contributed by atoms with Gasteiger partial charge in [0, 0.05) is 0 Å². The van der Waals surface area contributed by atoms with Crippen LogP contribution in [0.15, 0.2) is 48.3 Å². The molecule has 2 aromatic carbocycles. The number of benzene rings is 2. The summed E-state index contributed by atoms with van der Waals surface area (Å²) in [5, 5.41) is 1.01. The molecule has 0 aliphatic rings. The van der Waals surface area contributed by atoms with Gasteiger partial charge in [-0.25, -0.2) is 4.39 Å². The monoisotopic (exact) mass is 248 g/mol. The highest BCUT2D eigenvalue weighted by Gasteiger charge is 2.11. The molecule has 0 heterocycles. The summed E-state index contributed by atoms with van der Waals surface area (Å²) in [6, 6.07) is 13.3. The van der Waals surface area contributed by atoms with E-state index in [-0.39, 0.29) is 5.57 Å². The minimum absolute atomic E-state index is 0.260. The Morgan fingerprint density at radius 2 is 1.76 bits per heavy atom. The van der Waals surface area contributed by atoms with Crippen LogP contribution in [0.4, 0.5) is 4.39 Å². The molecule has 0 fully saturated rings. The van der Waals surface area contributed by atoms with E-state index < -0.39 is 11.1 Å². The average molecular weight is 249 g/mol. The summed E-state index contributed by atoms with van der Waals surface area (Å²) in [7, 11) is 0. The first kappa shape index (κ1) is 11.8. The van der Waals surface area contributed by atoms with E-state index in [4.69, 9.17) is 11.6 Å². The molecule has 0 amide bonds. The Morgan fingerprint density at radius 1 is 1.12 bits per heavy atom. The fourth-order valence-electron chi connectivity index (χ4n) is 1.70. The molecular weight excluding hydrogens is 239 g/mol. The third-order valence-corrected chi connectivity index (χ3v) is 2.85. The Bertz CT molecular complexity index is 616. The molecule has 0 spiro atoms. The second-order valence-electron chi connectivity index (χ2n) is 3.77. The van der Waals surface area contributed by atoms with Crippen molar-refractivity contribution in [2.45, 2.75) is 6.92 Å². The van der Waals surface area contributed by atoms with Gasteiger partial charge in [-0.2, -0.15) is 0 Å². The fraction of sp³-hybridized carbons (Fsp3) is 0.0714. The van der Waals surface area contributed by atoms with Crippen molar-refractivity contribution in [3.8, 4) is 0 Å². The fourth-order valence-corrected chi connectivity index (χ4v) is 1.84. The van der Waals surface area contributed by atoms with Crippen molar-refractivity contribution in [3.63, 3.8) is 0 Å². The first-order valence-electron chi connectivity index (χ1n) is 5.15. The van der Waals surface area contributed by atoms with Gasteiger partial charge in [0.15, 0.2) is 5.83 Å². The first-order valence-corrected chi connectivity index (χ1v) is 5.53. The smallest absolute Gasteiger partial charge is 0.273 e. The number of allylic oxidation sites excluding steroid dienone is 2. The highest BCUT2D eigenvalue weighted by molar-refractivity contribution is 6.67. The van der Waals surface area contributed by atoms with E-state index in [0.717, 1.165) is 10.8 Å². The maximum Gasteiger partial charge on any atom is 0.281 e. The predicted octanol–water partition coefficient (Wildman–Crippen LogP) is 4.31. The zero-order valence-corrected chi connectivity index (χ0v) is 9.96. The van der Waals surface area contributed by atoms with E-state index in [1.54, 1.807) is 13.0 Å². The van der Waals surface area contributed by atoms with Crippen LogP contribution in [0.3, 0.4) is 0 Å². The normalized spacial score (nSPS) is 12.4. The number of rotatable bonds is 2. The number of fused-ring (bicyclic) bond motifs is 1. The molecule has 2 aromatic rings. The number of carbonyl (C=O) groups is 1. The molecule has 1 nitrogen and oxygen atoms in total. The molecule has 0 aliphatic carbocycles. The SMILES string of the molecule is C/C(=C(/F)C(=O)Cl)c1ccc2ccccc2c1. The molecule has 0 aromatic heterocycles. The van der Waals surface area contributed by atoms with Crippen LogP contribution >= 0.6 is 11.6 Å². The van der Waals surface area contributed by atoms with Gasteiger partial charge in [0.2, 0.25) is 0 Å². The van der Waals surface area contributed by atoms with Crippen molar-refractivity contribution < 1.29 is 9.18 Å². The molecule has 0 radical (unpaired) electrons. The van der Waals surface area contributed by atoms with Crippen molar-refractivity contribution in [1.82, 2.24) is 0 Å². The Labute approximate surface area is 104 Å². The quantitative estimate of drug-likeness (QED) is 0.572. The molecule has 0 bridgehead atoms. The molecule has 0 N–H and O–H groups in total. The van der Waals surface area contributed by atoms with E-state index in [1.165, 1.54) is 0 Å². The van der Waals surface area contributed by atoms with Gasteiger partial charge in [-0.15, -0.1) is 0 Å². The minimum Gasteiger partial charge on any atom is -0.273 e. The maximum atomic E-state index is 13.4. The molecule has 86 valence electrons. The topological polar surface area (TPSA) is 17.1 Å². The number of carbonyl (C=O) groups excluding carboxylic acids is 1. The number of halogens is 2. The van der Waals surface area contributed by atoms with Crippen LogP contribution in [-0.4, -0.2) is 5.24 Å². The highest BCUT2D eigenvalue weighted by atomic mass is 35.5. The van der Waals surface area contributed by atoms with Crippen LogP contribution in [0.1, 0.15) is 12.5 Å². The summed E-state index contributed by atoms with van der Waals surface area (Å²) in [6.45, 7) is 1.54. The molecule has 3 heteroatoms. The van der Waals surface area contributed by atoms with Gasteiger partial charge >= 0.3 is 0 Å². The summed E-state index contributed by atoms with van der Waals surface area (Å²) in [5.74, 6) is -0.901. The molecule has 0 saturated carbocycles. The van der Waals surface area contributed by atoms with E-state index in [0.29, 0.717) is 5.56 Å². The van der Waals surface area contributed by atoms with E-state index >= 15 is 0 Å². The van der Waals surface area contributed by atoms with Crippen LogP contribution in [-0.2, 0) is 4.79 Å². The largest absolute Gasteiger partial charge is 0.281 e. The van der Waals surface area contributed by atoms with Crippen molar-refractivity contribution in [2.75, 3.05) is 0 Å². The second kappa shape index (κ2) is 4.68. The summed E-state index contributed by atoms with van der Waals surface area (Å²) >= 11 is 5.12. The van der Waals surface area contributed by atoms with Crippen LogP contribution in [0.2, 0.25) is 0 Å². The van der Waals surface area contributed by atoms with Gasteiger partial charge in [-0.05, 0) is 46.5 Å². The van der Waals surface area contributed by atoms with Crippen molar-refractivity contribution in [3.05, 3.63) is 53.9 Å². The molecule has 0 unspecified atom stereocenters. The predicted molar refractivity (Wildman–Crippen MR) is 68.5 cm³/mol. The standard InChI is InChI=1S/C14H10ClFO/c1-9(13(16)14(15)17)11-7-6-10-4-2-3-5-12(10)8-11/h2-8H,1H3/b13-9-. The zero-order valence-electron chi connectivity index (χ0n) is 9.21. The van der Waals surface area contributed by atoms with E-state index in [2.05, 4.69) is 0 Å². The molecule has 2 rings (SSSR count). The second-order valence-corrected chi connectivity index (χ2v) is 4.12. The van der Waals surface area contributed by atoms with Crippen LogP contribution in [0.25, 0.3) is 16.3 Å². The zero-order chi connectivity index (χ0) is 12.4. The van der Waals surface area contributed by atoms with Crippen molar-refractivity contribution >= 4 is 33.2 Å². The summed E-state index contributed by atoms with van der Waals surface area (Å²) in [6.07, 6.45) is 0. The maximum absolute atomic E-state index is 13.4. The lowest BCUT2D eigenvalue weighted by Gasteiger charge is -2.04. The van der Waals surface area contributed by atoms with Crippen molar-refractivity contribution in [1.29, 1.82) is 0 Å². The van der Waals surface area contributed by atoms with Gasteiger partial charge in [0.05, 0.1) is 0 Å². The van der Waals surface area contributed by atoms with Gasteiger partial charge in [-0.3, -0.25) is 4.79 Å². The summed E-state index contributed by atoms with van der Waals surface area (Å²) in [5.41, 5.74) is 0.922. The average Bonchev–Trinajstić information content (AvgIpc) is 2.36.